The molecule has 28 heavy (non-hydrogen) atoms. The van der Waals surface area contributed by atoms with Gasteiger partial charge in [0, 0.05) is 18.5 Å². The van der Waals surface area contributed by atoms with Gasteiger partial charge in [-0.15, -0.1) is 0 Å². The van der Waals surface area contributed by atoms with Crippen molar-refractivity contribution >= 4 is 11.7 Å². The number of benzene rings is 1. The zero-order chi connectivity index (χ0) is 20.1. The summed E-state index contributed by atoms with van der Waals surface area (Å²) < 4.78 is 43.0. The van der Waals surface area contributed by atoms with Crippen molar-refractivity contribution in [1.29, 1.82) is 0 Å². The monoisotopic (exact) mass is 389 g/mol. The molecule has 3 aromatic rings. The number of hydrogen-bond donors (Lipinski definition) is 2. The van der Waals surface area contributed by atoms with E-state index in [1.807, 2.05) is 30.3 Å². The molecule has 2 heterocycles. The van der Waals surface area contributed by atoms with Gasteiger partial charge in [0.05, 0.1) is 5.56 Å². The standard InChI is InChI=1S/C19H14F3N3O3/c20-19(21,22)13-6-7-17(24-9-13)25-18(27)14-8-15(26)16(10-23-14)28-11-12-4-2-1-3-5-12/h1-10H,11H2,(H,23,26)(H,24,25,27). The van der Waals surface area contributed by atoms with E-state index in [9.17, 15) is 22.8 Å². The van der Waals surface area contributed by atoms with Gasteiger partial charge < -0.3 is 15.0 Å². The number of halogens is 3. The Labute approximate surface area is 157 Å². The van der Waals surface area contributed by atoms with E-state index in [1.165, 1.54) is 6.20 Å². The smallest absolute Gasteiger partial charge is 0.417 e. The largest absolute Gasteiger partial charge is 0.483 e. The number of pyridine rings is 2. The molecule has 0 unspecified atom stereocenters. The molecule has 0 aliphatic rings. The topological polar surface area (TPSA) is 84.1 Å². The van der Waals surface area contributed by atoms with Crippen molar-refractivity contribution in [2.24, 2.45) is 0 Å². The molecule has 1 aromatic carbocycles. The van der Waals surface area contributed by atoms with Gasteiger partial charge in [0.1, 0.15) is 18.1 Å². The van der Waals surface area contributed by atoms with Gasteiger partial charge in [0.15, 0.2) is 5.75 Å². The van der Waals surface area contributed by atoms with E-state index in [4.69, 9.17) is 4.74 Å². The Bertz CT molecular complexity index is 1020. The van der Waals surface area contributed by atoms with Crippen LogP contribution in [-0.4, -0.2) is 15.9 Å². The summed E-state index contributed by atoms with van der Waals surface area (Å²) in [5.41, 5.74) is -0.658. The molecule has 1 amide bonds. The van der Waals surface area contributed by atoms with Gasteiger partial charge >= 0.3 is 6.18 Å². The highest BCUT2D eigenvalue weighted by Gasteiger charge is 2.30. The van der Waals surface area contributed by atoms with Crippen LogP contribution in [0.15, 0.2) is 65.7 Å². The van der Waals surface area contributed by atoms with Crippen LogP contribution in [0, 0.1) is 0 Å². The first-order chi connectivity index (χ1) is 13.3. The van der Waals surface area contributed by atoms with Gasteiger partial charge in [-0.25, -0.2) is 4.98 Å². The zero-order valence-corrected chi connectivity index (χ0v) is 14.3. The Morgan fingerprint density at radius 1 is 1.14 bits per heavy atom. The lowest BCUT2D eigenvalue weighted by Crippen LogP contribution is -2.18. The number of anilines is 1. The summed E-state index contributed by atoms with van der Waals surface area (Å²) in [6.45, 7) is 0.185. The molecule has 0 bridgehead atoms. The molecule has 144 valence electrons. The van der Waals surface area contributed by atoms with Gasteiger partial charge in [0.25, 0.3) is 5.91 Å². The summed E-state index contributed by atoms with van der Waals surface area (Å²) in [4.78, 5) is 30.4. The molecule has 2 N–H and O–H groups in total. The number of carbonyl (C=O) groups is 1. The molecular formula is C19H14F3N3O3. The second-order valence-corrected chi connectivity index (χ2v) is 5.73. The van der Waals surface area contributed by atoms with Crippen LogP contribution in [0.5, 0.6) is 5.75 Å². The minimum atomic E-state index is -4.52. The van der Waals surface area contributed by atoms with Crippen LogP contribution in [-0.2, 0) is 12.8 Å². The number of ether oxygens (including phenoxy) is 1. The van der Waals surface area contributed by atoms with E-state index < -0.39 is 23.1 Å². The summed E-state index contributed by atoms with van der Waals surface area (Å²) in [6.07, 6.45) is -2.66. The van der Waals surface area contributed by atoms with Crippen molar-refractivity contribution in [2.45, 2.75) is 12.8 Å². The lowest BCUT2D eigenvalue weighted by atomic mass is 10.2. The zero-order valence-electron chi connectivity index (χ0n) is 14.3. The van der Waals surface area contributed by atoms with Crippen molar-refractivity contribution in [3.05, 3.63) is 88.0 Å². The Hall–Kier alpha value is -3.62. The lowest BCUT2D eigenvalue weighted by molar-refractivity contribution is -0.137. The molecule has 0 spiro atoms. The maximum Gasteiger partial charge on any atom is 0.417 e. The van der Waals surface area contributed by atoms with Crippen LogP contribution in [0.3, 0.4) is 0 Å². The second-order valence-electron chi connectivity index (χ2n) is 5.73. The number of amides is 1. The Morgan fingerprint density at radius 2 is 1.89 bits per heavy atom. The number of aromatic nitrogens is 2. The summed E-state index contributed by atoms with van der Waals surface area (Å²) in [7, 11) is 0. The molecule has 0 aliphatic heterocycles. The van der Waals surface area contributed by atoms with Crippen LogP contribution in [0.25, 0.3) is 0 Å². The average Bonchev–Trinajstić information content (AvgIpc) is 2.67. The number of alkyl halides is 3. The Balaban J connectivity index is 1.66. The van der Waals surface area contributed by atoms with Crippen LogP contribution < -0.4 is 15.5 Å². The van der Waals surface area contributed by atoms with Gasteiger partial charge in [-0.3, -0.25) is 9.59 Å². The van der Waals surface area contributed by atoms with Crippen molar-refractivity contribution in [3.63, 3.8) is 0 Å². The minimum Gasteiger partial charge on any atom is -0.483 e. The molecule has 2 aromatic heterocycles. The van der Waals surface area contributed by atoms with Crippen molar-refractivity contribution in [3.8, 4) is 5.75 Å². The van der Waals surface area contributed by atoms with E-state index in [-0.39, 0.29) is 23.9 Å². The summed E-state index contributed by atoms with van der Waals surface area (Å²) in [6, 6.07) is 12.1. The molecule has 0 saturated carbocycles. The summed E-state index contributed by atoms with van der Waals surface area (Å²) >= 11 is 0. The first-order valence-corrected chi connectivity index (χ1v) is 8.07. The number of rotatable bonds is 5. The average molecular weight is 389 g/mol. The van der Waals surface area contributed by atoms with E-state index in [0.717, 1.165) is 23.8 Å². The van der Waals surface area contributed by atoms with E-state index in [0.29, 0.717) is 6.20 Å². The highest BCUT2D eigenvalue weighted by Crippen LogP contribution is 2.28. The second kappa shape index (κ2) is 7.95. The first-order valence-electron chi connectivity index (χ1n) is 8.07. The number of nitrogens with one attached hydrogen (secondary N) is 2. The summed E-state index contributed by atoms with van der Waals surface area (Å²) in [5, 5.41) is 2.31. The van der Waals surface area contributed by atoms with E-state index >= 15 is 0 Å². The normalized spacial score (nSPS) is 11.1. The van der Waals surface area contributed by atoms with E-state index in [1.54, 1.807) is 0 Å². The van der Waals surface area contributed by atoms with Crippen LogP contribution in [0.4, 0.5) is 19.0 Å². The third kappa shape index (κ3) is 4.76. The third-order valence-corrected chi connectivity index (χ3v) is 3.69. The number of hydrogen-bond acceptors (Lipinski definition) is 4. The fourth-order valence-electron chi connectivity index (χ4n) is 2.26. The Kier molecular flexibility index (Phi) is 5.44. The van der Waals surface area contributed by atoms with Crippen molar-refractivity contribution in [1.82, 2.24) is 9.97 Å². The molecule has 0 aliphatic carbocycles. The fraction of sp³-hybridized carbons (Fsp3) is 0.105. The minimum absolute atomic E-state index is 0.0352. The predicted octanol–water partition coefficient (Wildman–Crippen LogP) is 3.62. The molecule has 0 fully saturated rings. The van der Waals surface area contributed by atoms with Gasteiger partial charge in [-0.2, -0.15) is 13.2 Å². The molecule has 0 saturated heterocycles. The molecule has 0 atom stereocenters. The van der Waals surface area contributed by atoms with Crippen LogP contribution in [0.1, 0.15) is 21.6 Å². The van der Waals surface area contributed by atoms with E-state index in [2.05, 4.69) is 15.3 Å². The Morgan fingerprint density at radius 3 is 2.50 bits per heavy atom. The third-order valence-electron chi connectivity index (χ3n) is 3.69. The summed E-state index contributed by atoms with van der Waals surface area (Å²) in [5.74, 6) is -0.768. The van der Waals surface area contributed by atoms with Gasteiger partial charge in [0.2, 0.25) is 5.43 Å². The number of nitrogens with zero attached hydrogens (tertiary/aromatic N) is 1. The fourth-order valence-corrected chi connectivity index (χ4v) is 2.26. The number of aromatic amines is 1. The molecule has 0 radical (unpaired) electrons. The van der Waals surface area contributed by atoms with Crippen LogP contribution >= 0.6 is 0 Å². The number of H-pyrrole nitrogens is 1. The number of carbonyl (C=O) groups excluding carboxylic acids is 1. The molecule has 3 rings (SSSR count). The van der Waals surface area contributed by atoms with Crippen molar-refractivity contribution < 1.29 is 22.7 Å². The maximum absolute atomic E-state index is 12.5. The first kappa shape index (κ1) is 19.2. The lowest BCUT2D eigenvalue weighted by Gasteiger charge is -2.09. The quantitative estimate of drug-likeness (QED) is 0.698. The van der Waals surface area contributed by atoms with Gasteiger partial charge in [-0.1, -0.05) is 30.3 Å². The SMILES string of the molecule is O=C(Nc1ccc(C(F)(F)F)cn1)c1cc(=O)c(OCc2ccccc2)c[nH]1. The van der Waals surface area contributed by atoms with Crippen molar-refractivity contribution in [2.75, 3.05) is 5.32 Å². The highest BCUT2D eigenvalue weighted by atomic mass is 19.4. The molecule has 9 heteroatoms. The van der Waals surface area contributed by atoms with Crippen LogP contribution in [0.2, 0.25) is 0 Å². The highest BCUT2D eigenvalue weighted by molar-refractivity contribution is 6.02. The maximum atomic E-state index is 12.5. The predicted molar refractivity (Wildman–Crippen MR) is 95.0 cm³/mol. The molecular weight excluding hydrogens is 375 g/mol. The molecule has 6 nitrogen and oxygen atoms in total. The van der Waals surface area contributed by atoms with Gasteiger partial charge in [-0.05, 0) is 17.7 Å².